The molecular weight excluding hydrogens is 402 g/mol. The number of anilines is 1. The topological polar surface area (TPSA) is 46.9 Å². The molecule has 1 saturated carbocycles. The van der Waals surface area contributed by atoms with E-state index in [4.69, 9.17) is 11.6 Å². The van der Waals surface area contributed by atoms with Gasteiger partial charge in [-0.05, 0) is 50.1 Å². The Morgan fingerprint density at radius 2 is 2.10 bits per heavy atom. The van der Waals surface area contributed by atoms with Crippen LogP contribution in [0, 0.1) is 5.92 Å². The van der Waals surface area contributed by atoms with Crippen LogP contribution in [0.3, 0.4) is 0 Å². The van der Waals surface area contributed by atoms with E-state index in [0.29, 0.717) is 23.3 Å². The zero-order valence-corrected chi connectivity index (χ0v) is 19.0. The Morgan fingerprint density at radius 1 is 1.34 bits per heavy atom. The second-order valence-corrected chi connectivity index (χ2v) is 9.28. The first kappa shape index (κ1) is 22.0. The average molecular weight is 432 g/mol. The highest BCUT2D eigenvalue weighted by Crippen LogP contribution is 2.37. The van der Waals surface area contributed by atoms with E-state index in [1.807, 2.05) is 41.4 Å². The Balaban J connectivity index is 1.77. The number of nitrogens with zero attached hydrogens (tertiary/aromatic N) is 2. The third-order valence-electron chi connectivity index (χ3n) is 5.52. The van der Waals surface area contributed by atoms with Crippen molar-refractivity contribution in [2.45, 2.75) is 63.3 Å². The lowest BCUT2D eigenvalue weighted by Gasteiger charge is -2.21. The van der Waals surface area contributed by atoms with Gasteiger partial charge in [-0.25, -0.2) is 0 Å². The highest BCUT2D eigenvalue weighted by atomic mass is 35.5. The fraction of sp³-hybridized carbons (Fsp3) is 0.478. The molecule has 0 saturated heterocycles. The number of allylic oxidation sites excluding steroid dienone is 2. The number of hydrogen-bond acceptors (Lipinski definition) is 3. The van der Waals surface area contributed by atoms with E-state index in [2.05, 4.69) is 30.3 Å². The number of thioether (sulfide) groups is 1. The highest BCUT2D eigenvalue weighted by Gasteiger charge is 2.27. The Labute approximate surface area is 183 Å². The predicted octanol–water partition coefficient (Wildman–Crippen LogP) is 6.53. The maximum absolute atomic E-state index is 13.2. The zero-order valence-electron chi connectivity index (χ0n) is 17.5. The molecule has 1 aromatic heterocycles. The van der Waals surface area contributed by atoms with Crippen molar-refractivity contribution in [3.63, 3.8) is 0 Å². The standard InChI is InChI=1S/C23H30ClN3OS/c1-16(2)10-12-27-13-11-22(26-27)25-23(28)19(14-17-6-4-5-7-17)18-8-9-21(29-3)20(24)15-18/h8-11,13,15,17,19H,4-7,12,14H2,1-3H3,(H,25,26,28). The summed E-state index contributed by atoms with van der Waals surface area (Å²) in [6.07, 6.45) is 11.8. The van der Waals surface area contributed by atoms with Crippen LogP contribution in [-0.4, -0.2) is 21.9 Å². The van der Waals surface area contributed by atoms with Gasteiger partial charge in [0.1, 0.15) is 0 Å². The van der Waals surface area contributed by atoms with Crippen LogP contribution < -0.4 is 5.32 Å². The van der Waals surface area contributed by atoms with Gasteiger partial charge in [0, 0.05) is 17.2 Å². The SMILES string of the molecule is CSc1ccc(C(CC2CCCC2)C(=O)Nc2ccn(CC=C(C)C)n2)cc1Cl. The third-order valence-corrected chi connectivity index (χ3v) is 6.74. The van der Waals surface area contributed by atoms with Crippen molar-refractivity contribution >= 4 is 35.1 Å². The van der Waals surface area contributed by atoms with E-state index < -0.39 is 0 Å². The molecule has 1 unspecified atom stereocenters. The molecular formula is C23H30ClN3OS. The second-order valence-electron chi connectivity index (χ2n) is 8.03. The molecule has 0 aliphatic heterocycles. The molecule has 2 aromatic rings. The normalized spacial score (nSPS) is 15.3. The monoisotopic (exact) mass is 431 g/mol. The van der Waals surface area contributed by atoms with Crippen molar-refractivity contribution in [1.29, 1.82) is 0 Å². The van der Waals surface area contributed by atoms with Crippen molar-refractivity contribution < 1.29 is 4.79 Å². The van der Waals surface area contributed by atoms with Crippen LogP contribution in [0.15, 0.2) is 47.0 Å². The molecule has 156 valence electrons. The summed E-state index contributed by atoms with van der Waals surface area (Å²) in [5, 5.41) is 8.23. The Morgan fingerprint density at radius 3 is 2.76 bits per heavy atom. The molecule has 1 atom stereocenters. The van der Waals surface area contributed by atoms with Gasteiger partial charge in [-0.15, -0.1) is 11.8 Å². The maximum Gasteiger partial charge on any atom is 0.233 e. The summed E-state index contributed by atoms with van der Waals surface area (Å²) < 4.78 is 1.83. The molecule has 3 rings (SSSR count). The number of halogens is 1. The van der Waals surface area contributed by atoms with Crippen LogP contribution in [0.2, 0.25) is 5.02 Å². The summed E-state index contributed by atoms with van der Waals surface area (Å²) >= 11 is 8.06. The van der Waals surface area contributed by atoms with E-state index >= 15 is 0 Å². The minimum atomic E-state index is -0.213. The smallest absolute Gasteiger partial charge is 0.233 e. The highest BCUT2D eigenvalue weighted by molar-refractivity contribution is 7.98. The lowest BCUT2D eigenvalue weighted by atomic mass is 9.87. The van der Waals surface area contributed by atoms with Gasteiger partial charge < -0.3 is 5.32 Å². The zero-order chi connectivity index (χ0) is 20.8. The Bertz CT molecular complexity index is 867. The van der Waals surface area contributed by atoms with E-state index in [0.717, 1.165) is 16.9 Å². The van der Waals surface area contributed by atoms with Crippen molar-refractivity contribution in [3.8, 4) is 0 Å². The predicted molar refractivity (Wildman–Crippen MR) is 123 cm³/mol. The minimum absolute atomic E-state index is 0.00247. The first-order chi connectivity index (χ1) is 14.0. The summed E-state index contributed by atoms with van der Waals surface area (Å²) in [6, 6.07) is 7.88. The minimum Gasteiger partial charge on any atom is -0.309 e. The molecule has 1 aliphatic rings. The summed E-state index contributed by atoms with van der Waals surface area (Å²) in [7, 11) is 0. The molecule has 0 radical (unpaired) electrons. The van der Waals surface area contributed by atoms with Gasteiger partial charge in [0.25, 0.3) is 0 Å². The number of benzene rings is 1. The molecule has 6 heteroatoms. The largest absolute Gasteiger partial charge is 0.309 e. The maximum atomic E-state index is 13.2. The van der Waals surface area contributed by atoms with Gasteiger partial charge in [0.2, 0.25) is 5.91 Å². The third kappa shape index (κ3) is 6.13. The number of rotatable bonds is 8. The van der Waals surface area contributed by atoms with E-state index in [1.54, 1.807) is 11.8 Å². The van der Waals surface area contributed by atoms with Crippen molar-refractivity contribution in [3.05, 3.63) is 52.7 Å². The molecule has 1 fully saturated rings. The summed E-state index contributed by atoms with van der Waals surface area (Å²) in [4.78, 5) is 14.3. The molecule has 1 N–H and O–H groups in total. The molecule has 1 aromatic carbocycles. The fourth-order valence-corrected chi connectivity index (χ4v) is 4.77. The van der Waals surface area contributed by atoms with E-state index in [-0.39, 0.29) is 11.8 Å². The first-order valence-electron chi connectivity index (χ1n) is 10.3. The van der Waals surface area contributed by atoms with Crippen molar-refractivity contribution in [2.75, 3.05) is 11.6 Å². The molecule has 1 aliphatic carbocycles. The van der Waals surface area contributed by atoms with E-state index in [1.165, 1.54) is 31.3 Å². The van der Waals surface area contributed by atoms with Gasteiger partial charge in [0.15, 0.2) is 5.82 Å². The lowest BCUT2D eigenvalue weighted by molar-refractivity contribution is -0.118. The molecule has 0 bridgehead atoms. The van der Waals surface area contributed by atoms with Gasteiger partial charge in [-0.1, -0.05) is 55.0 Å². The van der Waals surface area contributed by atoms with Crippen LogP contribution in [-0.2, 0) is 11.3 Å². The van der Waals surface area contributed by atoms with Crippen LogP contribution in [0.1, 0.15) is 57.4 Å². The van der Waals surface area contributed by atoms with Crippen LogP contribution in [0.25, 0.3) is 0 Å². The molecule has 29 heavy (non-hydrogen) atoms. The fourth-order valence-electron chi connectivity index (χ4n) is 3.89. The quantitative estimate of drug-likeness (QED) is 0.382. The van der Waals surface area contributed by atoms with Crippen molar-refractivity contribution in [2.24, 2.45) is 5.92 Å². The van der Waals surface area contributed by atoms with Crippen LogP contribution >= 0.6 is 23.4 Å². The molecule has 1 heterocycles. The Hall–Kier alpha value is -1.72. The lowest BCUT2D eigenvalue weighted by Crippen LogP contribution is -2.23. The summed E-state index contributed by atoms with van der Waals surface area (Å²) in [5.74, 6) is 0.979. The number of carbonyl (C=O) groups is 1. The first-order valence-corrected chi connectivity index (χ1v) is 11.9. The second kappa shape index (κ2) is 10.4. The number of nitrogens with one attached hydrogen (secondary N) is 1. The number of amides is 1. The summed E-state index contributed by atoms with van der Waals surface area (Å²) in [6.45, 7) is 4.83. The van der Waals surface area contributed by atoms with E-state index in [9.17, 15) is 4.79 Å². The van der Waals surface area contributed by atoms with Crippen molar-refractivity contribution in [1.82, 2.24) is 9.78 Å². The van der Waals surface area contributed by atoms with Gasteiger partial charge >= 0.3 is 0 Å². The van der Waals surface area contributed by atoms with Gasteiger partial charge in [0.05, 0.1) is 17.5 Å². The van der Waals surface area contributed by atoms with Crippen LogP contribution in [0.4, 0.5) is 5.82 Å². The Kier molecular flexibility index (Phi) is 7.84. The summed E-state index contributed by atoms with van der Waals surface area (Å²) in [5.41, 5.74) is 2.23. The number of hydrogen-bond donors (Lipinski definition) is 1. The number of aromatic nitrogens is 2. The van der Waals surface area contributed by atoms with Crippen LogP contribution in [0.5, 0.6) is 0 Å². The molecule has 4 nitrogen and oxygen atoms in total. The van der Waals surface area contributed by atoms with Gasteiger partial charge in [-0.3, -0.25) is 9.48 Å². The van der Waals surface area contributed by atoms with Gasteiger partial charge in [-0.2, -0.15) is 5.10 Å². The number of carbonyl (C=O) groups excluding carboxylic acids is 1. The molecule has 1 amide bonds. The average Bonchev–Trinajstić information content (AvgIpc) is 3.36. The molecule has 0 spiro atoms.